The number of hydrogen-bond donors (Lipinski definition) is 1. The topological polar surface area (TPSA) is 46.5 Å². The number of ether oxygens (including phenoxy) is 1. The molecule has 1 saturated carbocycles. The Bertz CT molecular complexity index is 307. The molecule has 4 atom stereocenters. The van der Waals surface area contributed by atoms with Gasteiger partial charge in [0.25, 0.3) is 0 Å². The molecular weight excluding hydrogens is 252 g/mol. The molecule has 0 aromatic heterocycles. The lowest BCUT2D eigenvalue weighted by atomic mass is 9.69. The second-order valence-corrected chi connectivity index (χ2v) is 7.09. The van der Waals surface area contributed by atoms with Crippen LogP contribution in [0.15, 0.2) is 0 Å². The molecule has 1 aliphatic carbocycles. The highest BCUT2D eigenvalue weighted by molar-refractivity contribution is 5.70. The van der Waals surface area contributed by atoms with Gasteiger partial charge < -0.3 is 9.84 Å². The van der Waals surface area contributed by atoms with E-state index in [1.807, 2.05) is 0 Å². The van der Waals surface area contributed by atoms with Crippen LogP contribution in [0.25, 0.3) is 0 Å². The Morgan fingerprint density at radius 1 is 1.25 bits per heavy atom. The Balaban J connectivity index is 1.81. The number of carbonyl (C=O) groups is 1. The minimum absolute atomic E-state index is 0.102. The number of carboxylic acids is 1. The van der Waals surface area contributed by atoms with Gasteiger partial charge in [0.05, 0.1) is 12.0 Å². The first-order valence-corrected chi connectivity index (χ1v) is 8.42. The quantitative estimate of drug-likeness (QED) is 0.797. The molecule has 116 valence electrons. The Morgan fingerprint density at radius 3 is 2.65 bits per heavy atom. The Morgan fingerprint density at radius 2 is 2.05 bits per heavy atom. The van der Waals surface area contributed by atoms with E-state index in [4.69, 9.17) is 4.74 Å². The van der Waals surface area contributed by atoms with Crippen molar-refractivity contribution < 1.29 is 14.6 Å². The minimum atomic E-state index is -0.575. The van der Waals surface area contributed by atoms with Gasteiger partial charge in [-0.05, 0) is 62.7 Å². The fourth-order valence-corrected chi connectivity index (χ4v) is 4.03. The van der Waals surface area contributed by atoms with Crippen LogP contribution in [-0.2, 0) is 9.53 Å². The predicted octanol–water partition coefficient (Wildman–Crippen LogP) is 4.11. The van der Waals surface area contributed by atoms with Gasteiger partial charge in [-0.25, -0.2) is 0 Å². The van der Waals surface area contributed by atoms with Crippen LogP contribution in [-0.4, -0.2) is 23.8 Å². The van der Waals surface area contributed by atoms with Gasteiger partial charge in [0.15, 0.2) is 0 Å². The average molecular weight is 282 g/mol. The molecule has 0 bridgehead atoms. The van der Waals surface area contributed by atoms with Crippen LogP contribution in [0.3, 0.4) is 0 Å². The van der Waals surface area contributed by atoms with Crippen LogP contribution in [0.4, 0.5) is 0 Å². The van der Waals surface area contributed by atoms with E-state index in [0.717, 1.165) is 51.0 Å². The molecule has 2 aliphatic rings. The molecule has 0 aromatic carbocycles. The van der Waals surface area contributed by atoms with Gasteiger partial charge in [0.1, 0.15) is 0 Å². The number of aliphatic carboxylic acids is 1. The molecule has 2 rings (SSSR count). The van der Waals surface area contributed by atoms with Crippen LogP contribution >= 0.6 is 0 Å². The van der Waals surface area contributed by atoms with E-state index in [1.54, 1.807) is 0 Å². The predicted molar refractivity (Wildman–Crippen MR) is 79.6 cm³/mol. The second-order valence-electron chi connectivity index (χ2n) is 7.09. The van der Waals surface area contributed by atoms with E-state index < -0.39 is 5.97 Å². The van der Waals surface area contributed by atoms with Gasteiger partial charge in [-0.15, -0.1) is 0 Å². The standard InChI is InChI=1S/C17H30O3/c1-12(2)13-8-9-16(17(18)19)14(11-13)5-3-6-15-7-4-10-20-15/h12-16H,3-11H2,1-2H3,(H,18,19). The summed E-state index contributed by atoms with van der Waals surface area (Å²) in [5, 5.41) is 9.42. The molecule has 1 aliphatic heterocycles. The lowest BCUT2D eigenvalue weighted by Gasteiger charge is -2.36. The van der Waals surface area contributed by atoms with Crippen molar-refractivity contribution in [2.45, 2.75) is 71.3 Å². The molecule has 0 spiro atoms. The third-order valence-electron chi connectivity index (χ3n) is 5.41. The molecular formula is C17H30O3. The Kier molecular flexibility index (Phi) is 5.88. The molecule has 1 saturated heterocycles. The Labute approximate surface area is 123 Å². The van der Waals surface area contributed by atoms with Crippen LogP contribution in [0, 0.1) is 23.7 Å². The zero-order valence-corrected chi connectivity index (χ0v) is 13.0. The van der Waals surface area contributed by atoms with Gasteiger partial charge in [0, 0.05) is 6.61 Å². The van der Waals surface area contributed by atoms with Gasteiger partial charge >= 0.3 is 5.97 Å². The van der Waals surface area contributed by atoms with Gasteiger partial charge in [0.2, 0.25) is 0 Å². The van der Waals surface area contributed by atoms with Crippen molar-refractivity contribution in [3.8, 4) is 0 Å². The fraction of sp³-hybridized carbons (Fsp3) is 0.941. The minimum Gasteiger partial charge on any atom is -0.481 e. The van der Waals surface area contributed by atoms with Crippen molar-refractivity contribution in [1.29, 1.82) is 0 Å². The number of rotatable bonds is 6. The molecule has 20 heavy (non-hydrogen) atoms. The molecule has 3 nitrogen and oxygen atoms in total. The lowest BCUT2D eigenvalue weighted by Crippen LogP contribution is -2.32. The zero-order valence-electron chi connectivity index (χ0n) is 13.0. The third-order valence-corrected chi connectivity index (χ3v) is 5.41. The van der Waals surface area contributed by atoms with E-state index in [9.17, 15) is 9.90 Å². The smallest absolute Gasteiger partial charge is 0.306 e. The maximum Gasteiger partial charge on any atom is 0.306 e. The summed E-state index contributed by atoms with van der Waals surface area (Å²) in [6.45, 7) is 5.46. The highest BCUT2D eigenvalue weighted by Crippen LogP contribution is 2.40. The van der Waals surface area contributed by atoms with Crippen molar-refractivity contribution in [3.05, 3.63) is 0 Å². The first-order valence-electron chi connectivity index (χ1n) is 8.42. The molecule has 0 amide bonds. The van der Waals surface area contributed by atoms with Gasteiger partial charge in [-0.1, -0.05) is 20.3 Å². The fourth-order valence-electron chi connectivity index (χ4n) is 4.03. The summed E-state index contributed by atoms with van der Waals surface area (Å²) in [7, 11) is 0. The molecule has 4 unspecified atom stereocenters. The van der Waals surface area contributed by atoms with E-state index in [-0.39, 0.29) is 5.92 Å². The van der Waals surface area contributed by atoms with Crippen molar-refractivity contribution in [2.24, 2.45) is 23.7 Å². The van der Waals surface area contributed by atoms with E-state index in [1.165, 1.54) is 12.8 Å². The summed E-state index contributed by atoms with van der Waals surface area (Å²) in [5.41, 5.74) is 0. The van der Waals surface area contributed by atoms with Crippen molar-refractivity contribution in [1.82, 2.24) is 0 Å². The monoisotopic (exact) mass is 282 g/mol. The number of carboxylic acid groups (broad SMARTS) is 1. The number of hydrogen-bond acceptors (Lipinski definition) is 2. The second kappa shape index (κ2) is 7.44. The van der Waals surface area contributed by atoms with Crippen LogP contribution < -0.4 is 0 Å². The van der Waals surface area contributed by atoms with Crippen molar-refractivity contribution in [2.75, 3.05) is 6.61 Å². The van der Waals surface area contributed by atoms with Gasteiger partial charge in [-0.3, -0.25) is 4.79 Å². The summed E-state index contributed by atoms with van der Waals surface area (Å²) < 4.78 is 5.66. The molecule has 3 heteroatoms. The molecule has 0 radical (unpaired) electrons. The van der Waals surface area contributed by atoms with E-state index in [2.05, 4.69) is 13.8 Å². The summed E-state index contributed by atoms with van der Waals surface area (Å²) in [5.74, 6) is 1.11. The molecule has 1 N–H and O–H groups in total. The summed E-state index contributed by atoms with van der Waals surface area (Å²) in [6, 6.07) is 0. The van der Waals surface area contributed by atoms with Crippen LogP contribution in [0.5, 0.6) is 0 Å². The normalized spacial score (nSPS) is 34.5. The average Bonchev–Trinajstić information content (AvgIpc) is 2.91. The van der Waals surface area contributed by atoms with Crippen LogP contribution in [0.1, 0.15) is 65.2 Å². The van der Waals surface area contributed by atoms with E-state index >= 15 is 0 Å². The molecule has 2 fully saturated rings. The largest absolute Gasteiger partial charge is 0.481 e. The SMILES string of the molecule is CC(C)C1CCC(C(=O)O)C(CCCC2CCCO2)C1. The zero-order chi connectivity index (χ0) is 14.5. The van der Waals surface area contributed by atoms with Crippen molar-refractivity contribution >= 4 is 5.97 Å². The summed E-state index contributed by atoms with van der Waals surface area (Å²) in [6.07, 6.45) is 9.24. The summed E-state index contributed by atoms with van der Waals surface area (Å²) in [4.78, 5) is 11.4. The first kappa shape index (κ1) is 15.8. The maximum absolute atomic E-state index is 11.4. The first-order chi connectivity index (χ1) is 9.58. The lowest BCUT2D eigenvalue weighted by molar-refractivity contribution is -0.145. The highest BCUT2D eigenvalue weighted by Gasteiger charge is 2.35. The third kappa shape index (κ3) is 4.21. The van der Waals surface area contributed by atoms with Crippen LogP contribution in [0.2, 0.25) is 0 Å². The van der Waals surface area contributed by atoms with E-state index in [0.29, 0.717) is 17.9 Å². The molecule has 0 aromatic rings. The van der Waals surface area contributed by atoms with Gasteiger partial charge in [-0.2, -0.15) is 0 Å². The van der Waals surface area contributed by atoms with Crippen molar-refractivity contribution in [3.63, 3.8) is 0 Å². The Hall–Kier alpha value is -0.570. The highest BCUT2D eigenvalue weighted by atomic mass is 16.5. The summed E-state index contributed by atoms with van der Waals surface area (Å²) >= 11 is 0. The molecule has 1 heterocycles. The maximum atomic E-state index is 11.4.